The second-order valence-electron chi connectivity index (χ2n) is 5.00. The number of fused-ring (bicyclic) bond motifs is 1. The number of rotatable bonds is 2. The first-order valence-electron chi connectivity index (χ1n) is 6.74. The molecule has 3 rings (SSSR count). The third kappa shape index (κ3) is 2.41. The molecule has 1 fully saturated rings. The summed E-state index contributed by atoms with van der Waals surface area (Å²) in [5.74, 6) is 0.800. The van der Waals surface area contributed by atoms with E-state index in [1.165, 1.54) is 0 Å². The van der Waals surface area contributed by atoms with Crippen LogP contribution in [0.15, 0.2) is 24.3 Å². The van der Waals surface area contributed by atoms with E-state index in [9.17, 15) is 4.79 Å². The van der Waals surface area contributed by atoms with Gasteiger partial charge in [0.05, 0.1) is 17.1 Å². The largest absolute Gasteiger partial charge is 0.340 e. The highest BCUT2D eigenvalue weighted by Crippen LogP contribution is 2.16. The zero-order valence-electron chi connectivity index (χ0n) is 11.0. The van der Waals surface area contributed by atoms with E-state index in [1.54, 1.807) is 0 Å². The van der Waals surface area contributed by atoms with Crippen LogP contribution in [-0.2, 0) is 0 Å². The lowest BCUT2D eigenvalue weighted by Gasteiger charge is -2.19. The maximum atomic E-state index is 12.0. The van der Waals surface area contributed by atoms with E-state index in [1.807, 2.05) is 36.1 Å². The minimum atomic E-state index is -0.111. The number of hydrogen-bond donors (Lipinski definition) is 2. The van der Waals surface area contributed by atoms with Crippen LogP contribution in [0.4, 0.5) is 4.79 Å². The summed E-state index contributed by atoms with van der Waals surface area (Å²) in [5, 5.41) is 2.99. The van der Waals surface area contributed by atoms with Crippen LogP contribution in [0.3, 0.4) is 0 Å². The van der Waals surface area contributed by atoms with Crippen LogP contribution in [0.25, 0.3) is 11.0 Å². The first kappa shape index (κ1) is 12.0. The smallest absolute Gasteiger partial charge is 0.317 e. The Morgan fingerprint density at radius 3 is 2.84 bits per heavy atom. The summed E-state index contributed by atoms with van der Waals surface area (Å²) in [5.41, 5.74) is 1.93. The summed E-state index contributed by atoms with van der Waals surface area (Å²) in [7, 11) is 0. The first-order valence-corrected chi connectivity index (χ1v) is 6.74. The highest BCUT2D eigenvalue weighted by molar-refractivity contribution is 5.76. The molecule has 1 aliphatic heterocycles. The van der Waals surface area contributed by atoms with Crippen LogP contribution in [0.5, 0.6) is 0 Å². The Bertz CT molecular complexity index is 553. The minimum Gasteiger partial charge on any atom is -0.340 e. The zero-order valence-corrected chi connectivity index (χ0v) is 11.0. The van der Waals surface area contributed by atoms with Crippen LogP contribution < -0.4 is 5.32 Å². The summed E-state index contributed by atoms with van der Waals surface area (Å²) in [6.07, 6.45) is 2.21. The normalized spacial score (nSPS) is 16.8. The van der Waals surface area contributed by atoms with E-state index in [0.717, 1.165) is 42.8 Å². The van der Waals surface area contributed by atoms with Crippen LogP contribution in [0.2, 0.25) is 0 Å². The third-order valence-corrected chi connectivity index (χ3v) is 3.55. The van der Waals surface area contributed by atoms with Crippen molar-refractivity contribution < 1.29 is 4.79 Å². The van der Waals surface area contributed by atoms with Crippen molar-refractivity contribution in [3.63, 3.8) is 0 Å². The number of urea groups is 1. The van der Waals surface area contributed by atoms with Crippen LogP contribution in [-0.4, -0.2) is 34.0 Å². The van der Waals surface area contributed by atoms with Crippen molar-refractivity contribution in [2.45, 2.75) is 25.8 Å². The molecular weight excluding hydrogens is 240 g/mol. The highest BCUT2D eigenvalue weighted by Gasteiger charge is 2.20. The monoisotopic (exact) mass is 258 g/mol. The van der Waals surface area contributed by atoms with Crippen LogP contribution >= 0.6 is 0 Å². The molecule has 100 valence electrons. The molecule has 2 N–H and O–H groups in total. The number of aromatic amines is 1. The third-order valence-electron chi connectivity index (χ3n) is 3.55. The molecule has 2 aromatic rings. The molecule has 1 saturated heterocycles. The molecule has 2 heterocycles. The summed E-state index contributed by atoms with van der Waals surface area (Å²) >= 11 is 0. The fraction of sp³-hybridized carbons (Fsp3) is 0.429. The summed E-state index contributed by atoms with van der Waals surface area (Å²) in [6, 6.07) is 7.77. The highest BCUT2D eigenvalue weighted by atomic mass is 16.2. The zero-order chi connectivity index (χ0) is 13.2. The number of aromatic nitrogens is 2. The first-order chi connectivity index (χ1) is 9.24. The summed E-state index contributed by atoms with van der Waals surface area (Å²) in [4.78, 5) is 21.6. The van der Waals surface area contributed by atoms with E-state index in [0.29, 0.717) is 0 Å². The number of benzene rings is 1. The molecule has 1 aromatic heterocycles. The Morgan fingerprint density at radius 1 is 1.37 bits per heavy atom. The van der Waals surface area contributed by atoms with Crippen molar-refractivity contribution in [3.8, 4) is 0 Å². The number of amides is 2. The predicted octanol–water partition coefficient (Wildman–Crippen LogP) is 2.43. The van der Waals surface area contributed by atoms with Gasteiger partial charge < -0.3 is 15.2 Å². The van der Waals surface area contributed by atoms with Crippen LogP contribution in [0.1, 0.15) is 31.6 Å². The molecule has 0 spiro atoms. The van der Waals surface area contributed by atoms with E-state index < -0.39 is 0 Å². The Kier molecular flexibility index (Phi) is 3.11. The number of likely N-dealkylation sites (tertiary alicyclic amines) is 1. The lowest BCUT2D eigenvalue weighted by Crippen LogP contribution is -2.39. The Balaban J connectivity index is 1.72. The van der Waals surface area contributed by atoms with Gasteiger partial charge in [-0.3, -0.25) is 0 Å². The maximum absolute atomic E-state index is 12.0. The van der Waals surface area contributed by atoms with Gasteiger partial charge in [0.15, 0.2) is 0 Å². The second kappa shape index (κ2) is 4.91. The molecule has 1 unspecified atom stereocenters. The van der Waals surface area contributed by atoms with Gasteiger partial charge in [-0.1, -0.05) is 12.1 Å². The lowest BCUT2D eigenvalue weighted by molar-refractivity contribution is 0.205. The molecule has 0 saturated carbocycles. The lowest BCUT2D eigenvalue weighted by atomic mass is 10.3. The average molecular weight is 258 g/mol. The van der Waals surface area contributed by atoms with E-state index in [2.05, 4.69) is 15.3 Å². The average Bonchev–Trinajstić information content (AvgIpc) is 3.07. The maximum Gasteiger partial charge on any atom is 0.317 e. The molecule has 1 aromatic carbocycles. The molecule has 1 aliphatic rings. The fourth-order valence-electron chi connectivity index (χ4n) is 2.44. The molecule has 1 atom stereocenters. The number of hydrogen-bond acceptors (Lipinski definition) is 2. The van der Waals surface area contributed by atoms with Gasteiger partial charge in [0.1, 0.15) is 5.82 Å². The number of para-hydroxylation sites is 2. The number of H-pyrrole nitrogens is 1. The Labute approximate surface area is 112 Å². The molecule has 2 amide bonds. The number of nitrogens with one attached hydrogen (secondary N) is 2. The van der Waals surface area contributed by atoms with Crippen molar-refractivity contribution in [2.24, 2.45) is 0 Å². The second-order valence-corrected chi connectivity index (χ2v) is 5.00. The van der Waals surface area contributed by atoms with Crippen molar-refractivity contribution >= 4 is 17.1 Å². The predicted molar refractivity (Wildman–Crippen MR) is 73.8 cm³/mol. The minimum absolute atomic E-state index is 0.00505. The van der Waals surface area contributed by atoms with E-state index >= 15 is 0 Å². The fourth-order valence-corrected chi connectivity index (χ4v) is 2.44. The van der Waals surface area contributed by atoms with Gasteiger partial charge in [-0.2, -0.15) is 0 Å². The molecular formula is C14H18N4O. The number of nitrogens with zero attached hydrogens (tertiary/aromatic N) is 2. The van der Waals surface area contributed by atoms with Crippen molar-refractivity contribution in [1.29, 1.82) is 0 Å². The SMILES string of the molecule is CC(NC(=O)N1CCCC1)c1nc2ccccc2[nH]1. The van der Waals surface area contributed by atoms with Gasteiger partial charge in [0.25, 0.3) is 0 Å². The van der Waals surface area contributed by atoms with Gasteiger partial charge in [-0.25, -0.2) is 9.78 Å². The molecule has 0 aliphatic carbocycles. The quantitative estimate of drug-likeness (QED) is 0.869. The van der Waals surface area contributed by atoms with Gasteiger partial charge in [-0.15, -0.1) is 0 Å². The van der Waals surface area contributed by atoms with E-state index in [-0.39, 0.29) is 12.1 Å². The van der Waals surface area contributed by atoms with Crippen molar-refractivity contribution in [1.82, 2.24) is 20.2 Å². The molecule has 0 bridgehead atoms. The van der Waals surface area contributed by atoms with Gasteiger partial charge in [0, 0.05) is 13.1 Å². The topological polar surface area (TPSA) is 61.0 Å². The molecule has 5 heteroatoms. The van der Waals surface area contributed by atoms with Gasteiger partial charge >= 0.3 is 6.03 Å². The number of carbonyl (C=O) groups is 1. The standard InChI is InChI=1S/C14H18N4O/c1-10(15-14(19)18-8-4-5-9-18)13-16-11-6-2-3-7-12(11)17-13/h2-3,6-7,10H,4-5,8-9H2,1H3,(H,15,19)(H,16,17). The molecule has 0 radical (unpaired) electrons. The Hall–Kier alpha value is -2.04. The summed E-state index contributed by atoms with van der Waals surface area (Å²) in [6.45, 7) is 3.67. The van der Waals surface area contributed by atoms with Gasteiger partial charge in [0.2, 0.25) is 0 Å². The van der Waals surface area contributed by atoms with Crippen molar-refractivity contribution in [3.05, 3.63) is 30.1 Å². The number of imidazole rings is 1. The van der Waals surface area contributed by atoms with Crippen molar-refractivity contribution in [2.75, 3.05) is 13.1 Å². The van der Waals surface area contributed by atoms with E-state index in [4.69, 9.17) is 0 Å². The molecule has 5 nitrogen and oxygen atoms in total. The van der Waals surface area contributed by atoms with Gasteiger partial charge in [-0.05, 0) is 31.9 Å². The molecule has 19 heavy (non-hydrogen) atoms. The van der Waals surface area contributed by atoms with Crippen LogP contribution in [0, 0.1) is 0 Å². The Morgan fingerprint density at radius 2 is 2.11 bits per heavy atom. The summed E-state index contributed by atoms with van der Waals surface area (Å²) < 4.78 is 0. The number of carbonyl (C=O) groups excluding carboxylic acids is 1.